The molecule has 5 heteroatoms. The van der Waals surface area contributed by atoms with Crippen LogP contribution in [0.2, 0.25) is 5.02 Å². The molecule has 1 N–H and O–H groups in total. The number of nitrogens with zero attached hydrogens (tertiary/aromatic N) is 2. The molecule has 2 aliphatic rings. The van der Waals surface area contributed by atoms with E-state index in [4.69, 9.17) is 11.6 Å². The van der Waals surface area contributed by atoms with Gasteiger partial charge >= 0.3 is 5.97 Å². The number of carboxylic acid groups (broad SMARTS) is 1. The van der Waals surface area contributed by atoms with Gasteiger partial charge in [0.25, 0.3) is 0 Å². The van der Waals surface area contributed by atoms with E-state index >= 15 is 0 Å². The van der Waals surface area contributed by atoms with Gasteiger partial charge in [-0.3, -0.25) is 4.90 Å². The molecule has 1 aromatic heterocycles. The molecule has 0 aromatic carbocycles. The Bertz CT molecular complexity index is 472. The van der Waals surface area contributed by atoms with Crippen LogP contribution < -0.4 is 0 Å². The number of carbonyl (C=O) groups is 1. The van der Waals surface area contributed by atoms with E-state index in [1.807, 2.05) is 4.57 Å². The molecule has 0 spiro atoms. The van der Waals surface area contributed by atoms with Crippen LogP contribution in [0.3, 0.4) is 0 Å². The Morgan fingerprint density at radius 3 is 2.89 bits per heavy atom. The minimum atomic E-state index is -0.892. The first kappa shape index (κ1) is 12.1. The van der Waals surface area contributed by atoms with Crippen molar-refractivity contribution in [3.05, 3.63) is 23.0 Å². The fraction of sp³-hybridized carbons (Fsp3) is 0.615. The lowest BCUT2D eigenvalue weighted by Gasteiger charge is -2.33. The Balaban J connectivity index is 1.92. The van der Waals surface area contributed by atoms with Gasteiger partial charge in [0.2, 0.25) is 0 Å². The summed E-state index contributed by atoms with van der Waals surface area (Å²) in [6.07, 6.45) is 6.47. The molecule has 0 radical (unpaired) electrons. The molecule has 2 atom stereocenters. The van der Waals surface area contributed by atoms with Crippen LogP contribution in [0, 0.1) is 0 Å². The molecule has 2 unspecified atom stereocenters. The van der Waals surface area contributed by atoms with Crippen molar-refractivity contribution in [1.82, 2.24) is 9.47 Å². The Morgan fingerprint density at radius 2 is 2.11 bits per heavy atom. The maximum atomic E-state index is 11.3. The standard InChI is InChI=1S/C13H17ClN2O2/c14-9-7-12(13(17)18)16(8-9)11-4-6-15-5-2-1-3-10(11)15/h7-8,10-11H,1-6H2,(H,17,18). The number of piperidine rings is 1. The summed E-state index contributed by atoms with van der Waals surface area (Å²) >= 11 is 5.97. The molecular formula is C13H17ClN2O2. The van der Waals surface area contributed by atoms with Gasteiger partial charge < -0.3 is 9.67 Å². The zero-order valence-corrected chi connectivity index (χ0v) is 10.9. The lowest BCUT2D eigenvalue weighted by molar-refractivity contribution is 0.0679. The second-order valence-electron chi connectivity index (χ2n) is 5.21. The molecule has 0 amide bonds. The molecule has 0 aliphatic carbocycles. The fourth-order valence-electron chi connectivity index (χ4n) is 3.44. The summed E-state index contributed by atoms with van der Waals surface area (Å²) in [7, 11) is 0. The van der Waals surface area contributed by atoms with Gasteiger partial charge in [-0.25, -0.2) is 4.79 Å². The zero-order chi connectivity index (χ0) is 12.7. The lowest BCUT2D eigenvalue weighted by Crippen LogP contribution is -2.38. The average molecular weight is 269 g/mol. The second-order valence-corrected chi connectivity index (χ2v) is 5.65. The third kappa shape index (κ3) is 1.93. The molecular weight excluding hydrogens is 252 g/mol. The highest BCUT2D eigenvalue weighted by molar-refractivity contribution is 6.30. The van der Waals surface area contributed by atoms with Gasteiger partial charge in [0.15, 0.2) is 0 Å². The zero-order valence-electron chi connectivity index (χ0n) is 10.2. The molecule has 98 valence electrons. The van der Waals surface area contributed by atoms with E-state index in [1.165, 1.54) is 19.3 Å². The first-order valence-corrected chi connectivity index (χ1v) is 6.89. The maximum Gasteiger partial charge on any atom is 0.352 e. The van der Waals surface area contributed by atoms with Crippen molar-refractivity contribution < 1.29 is 9.90 Å². The van der Waals surface area contributed by atoms with E-state index in [-0.39, 0.29) is 6.04 Å². The van der Waals surface area contributed by atoms with Crippen molar-refractivity contribution in [1.29, 1.82) is 0 Å². The number of halogens is 1. The van der Waals surface area contributed by atoms with Crippen LogP contribution in [0.15, 0.2) is 12.3 Å². The van der Waals surface area contributed by atoms with Gasteiger partial charge in [-0.15, -0.1) is 0 Å². The number of hydrogen-bond acceptors (Lipinski definition) is 2. The summed E-state index contributed by atoms with van der Waals surface area (Å²) in [5.74, 6) is -0.892. The Morgan fingerprint density at radius 1 is 1.28 bits per heavy atom. The van der Waals surface area contributed by atoms with Crippen molar-refractivity contribution in [3.63, 3.8) is 0 Å². The van der Waals surface area contributed by atoms with Crippen LogP contribution >= 0.6 is 11.6 Å². The van der Waals surface area contributed by atoms with E-state index in [0.29, 0.717) is 16.8 Å². The summed E-state index contributed by atoms with van der Waals surface area (Å²) in [4.78, 5) is 13.8. The van der Waals surface area contributed by atoms with Crippen LogP contribution in [0.4, 0.5) is 0 Å². The van der Waals surface area contributed by atoms with Gasteiger partial charge in [-0.2, -0.15) is 0 Å². The molecule has 1 aromatic rings. The summed E-state index contributed by atoms with van der Waals surface area (Å²) in [5, 5.41) is 9.76. The molecule has 2 aliphatic heterocycles. The second kappa shape index (κ2) is 4.59. The topological polar surface area (TPSA) is 45.5 Å². The Kier molecular flexibility index (Phi) is 3.08. The van der Waals surface area contributed by atoms with Crippen LogP contribution in [0.25, 0.3) is 0 Å². The van der Waals surface area contributed by atoms with Gasteiger partial charge in [0.1, 0.15) is 5.69 Å². The van der Waals surface area contributed by atoms with Crippen LogP contribution in [0.5, 0.6) is 0 Å². The summed E-state index contributed by atoms with van der Waals surface area (Å²) in [5.41, 5.74) is 0.317. The summed E-state index contributed by atoms with van der Waals surface area (Å²) in [6, 6.07) is 2.30. The Labute approximate surface area is 111 Å². The fourth-order valence-corrected chi connectivity index (χ4v) is 3.64. The number of carboxylic acids is 1. The van der Waals surface area contributed by atoms with Crippen molar-refractivity contribution in [2.45, 2.75) is 37.8 Å². The predicted octanol–water partition coefficient (Wildman–Crippen LogP) is 2.64. The van der Waals surface area contributed by atoms with Crippen molar-refractivity contribution in [3.8, 4) is 0 Å². The van der Waals surface area contributed by atoms with E-state index in [0.717, 1.165) is 19.5 Å². The van der Waals surface area contributed by atoms with E-state index in [2.05, 4.69) is 4.90 Å². The molecule has 3 heterocycles. The van der Waals surface area contributed by atoms with Crippen LogP contribution in [-0.2, 0) is 0 Å². The molecule has 0 bridgehead atoms. The molecule has 3 rings (SSSR count). The highest BCUT2D eigenvalue weighted by Crippen LogP contribution is 2.36. The quantitative estimate of drug-likeness (QED) is 0.897. The number of aromatic carboxylic acids is 1. The lowest BCUT2D eigenvalue weighted by atomic mass is 9.99. The SMILES string of the molecule is O=C(O)c1cc(Cl)cn1C1CCN2CCCCC12. The highest BCUT2D eigenvalue weighted by Gasteiger charge is 2.37. The van der Waals surface area contributed by atoms with Gasteiger partial charge in [0.05, 0.1) is 11.1 Å². The molecule has 0 saturated carbocycles. The van der Waals surface area contributed by atoms with Crippen LogP contribution in [0.1, 0.15) is 42.2 Å². The number of aromatic nitrogens is 1. The first-order valence-electron chi connectivity index (χ1n) is 6.51. The molecule has 2 fully saturated rings. The molecule has 2 saturated heterocycles. The predicted molar refractivity (Wildman–Crippen MR) is 69.3 cm³/mol. The minimum Gasteiger partial charge on any atom is -0.477 e. The largest absolute Gasteiger partial charge is 0.477 e. The van der Waals surface area contributed by atoms with Crippen molar-refractivity contribution >= 4 is 17.6 Å². The van der Waals surface area contributed by atoms with E-state index < -0.39 is 5.97 Å². The number of hydrogen-bond donors (Lipinski definition) is 1. The van der Waals surface area contributed by atoms with Crippen LogP contribution in [-0.4, -0.2) is 39.7 Å². The molecule has 18 heavy (non-hydrogen) atoms. The first-order chi connectivity index (χ1) is 8.66. The third-order valence-electron chi connectivity index (χ3n) is 4.21. The maximum absolute atomic E-state index is 11.3. The van der Waals surface area contributed by atoms with Gasteiger partial charge in [-0.05, 0) is 31.9 Å². The number of fused-ring (bicyclic) bond motifs is 1. The smallest absolute Gasteiger partial charge is 0.352 e. The van der Waals surface area contributed by atoms with Crippen molar-refractivity contribution in [2.75, 3.05) is 13.1 Å². The highest BCUT2D eigenvalue weighted by atomic mass is 35.5. The third-order valence-corrected chi connectivity index (χ3v) is 4.42. The van der Waals surface area contributed by atoms with Gasteiger partial charge in [-0.1, -0.05) is 18.0 Å². The number of rotatable bonds is 2. The summed E-state index contributed by atoms with van der Waals surface area (Å²) < 4.78 is 1.88. The summed E-state index contributed by atoms with van der Waals surface area (Å²) in [6.45, 7) is 2.22. The Hall–Kier alpha value is -1.00. The normalized spacial score (nSPS) is 28.3. The van der Waals surface area contributed by atoms with Gasteiger partial charge in [0, 0.05) is 18.8 Å². The van der Waals surface area contributed by atoms with E-state index in [1.54, 1.807) is 12.3 Å². The minimum absolute atomic E-state index is 0.267. The van der Waals surface area contributed by atoms with E-state index in [9.17, 15) is 9.90 Å². The van der Waals surface area contributed by atoms with Crippen molar-refractivity contribution in [2.24, 2.45) is 0 Å². The monoisotopic (exact) mass is 268 g/mol. The average Bonchev–Trinajstić information content (AvgIpc) is 2.92. The molecule has 4 nitrogen and oxygen atoms in total.